The largest absolute Gasteiger partial charge is 0.443 e. The predicted octanol–water partition coefficient (Wildman–Crippen LogP) is 2.27. The third-order valence-corrected chi connectivity index (χ3v) is 1.94. The molecule has 0 radical (unpaired) electrons. The fourth-order valence-corrected chi connectivity index (χ4v) is 1.13. The third-order valence-electron chi connectivity index (χ3n) is 1.94. The molecule has 0 atom stereocenters. The van der Waals surface area contributed by atoms with Gasteiger partial charge in [-0.25, -0.2) is 4.79 Å². The zero-order chi connectivity index (χ0) is 13.1. The van der Waals surface area contributed by atoms with Gasteiger partial charge in [0.05, 0.1) is 11.9 Å². The highest BCUT2D eigenvalue weighted by molar-refractivity contribution is 5.88. The van der Waals surface area contributed by atoms with E-state index in [0.717, 1.165) is 0 Å². The summed E-state index contributed by atoms with van der Waals surface area (Å²) < 4.78 is 5.20. The summed E-state index contributed by atoms with van der Waals surface area (Å²) >= 11 is 0. The van der Waals surface area contributed by atoms with Crippen molar-refractivity contribution in [2.24, 2.45) is 0 Å². The van der Waals surface area contributed by atoms with Gasteiger partial charge in [0.1, 0.15) is 5.60 Å². The molecule has 0 saturated carbocycles. The van der Waals surface area contributed by atoms with Crippen LogP contribution in [-0.4, -0.2) is 30.0 Å². The van der Waals surface area contributed by atoms with Gasteiger partial charge in [-0.3, -0.25) is 14.7 Å². The van der Waals surface area contributed by atoms with E-state index in [-0.39, 0.29) is 0 Å². The minimum atomic E-state index is -0.555. The molecule has 5 heteroatoms. The summed E-state index contributed by atoms with van der Waals surface area (Å²) in [6.07, 6.45) is 3.12. The lowest BCUT2D eigenvalue weighted by Crippen LogP contribution is -2.34. The van der Waals surface area contributed by atoms with Crippen LogP contribution in [-0.2, 0) is 4.74 Å². The number of amides is 1. The summed E-state index contributed by atoms with van der Waals surface area (Å²) in [6.45, 7) is 5.37. The van der Waals surface area contributed by atoms with Crippen molar-refractivity contribution in [1.29, 1.82) is 0 Å². The molecule has 0 aliphatic carbocycles. The van der Waals surface area contributed by atoms with Gasteiger partial charge >= 0.3 is 6.09 Å². The average Bonchev–Trinajstić information content (AvgIpc) is 2.26. The van der Waals surface area contributed by atoms with Crippen LogP contribution in [0.15, 0.2) is 18.5 Å². The average molecular weight is 236 g/mol. The Balaban J connectivity index is 2.84. The Labute approximate surface area is 100 Å². The van der Waals surface area contributed by atoms with Crippen molar-refractivity contribution in [3.8, 4) is 0 Å². The summed E-state index contributed by atoms with van der Waals surface area (Å²) in [6, 6.07) is 1.57. The number of rotatable bonds is 2. The molecular formula is C12H16N2O3. The first kappa shape index (κ1) is 13.2. The summed E-state index contributed by atoms with van der Waals surface area (Å²) in [7, 11) is 1.57. The van der Waals surface area contributed by atoms with Gasteiger partial charge in [-0.1, -0.05) is 0 Å². The molecule has 0 aliphatic heterocycles. The van der Waals surface area contributed by atoms with Gasteiger partial charge < -0.3 is 4.74 Å². The van der Waals surface area contributed by atoms with E-state index in [0.29, 0.717) is 17.5 Å². The number of ether oxygens (including phenoxy) is 1. The summed E-state index contributed by atoms with van der Waals surface area (Å²) in [4.78, 5) is 27.5. The molecular weight excluding hydrogens is 220 g/mol. The molecule has 0 saturated heterocycles. The van der Waals surface area contributed by atoms with Crippen molar-refractivity contribution >= 4 is 18.1 Å². The van der Waals surface area contributed by atoms with Crippen LogP contribution in [0.4, 0.5) is 10.5 Å². The number of anilines is 1. The fraction of sp³-hybridized carbons (Fsp3) is 0.417. The van der Waals surface area contributed by atoms with E-state index in [1.54, 1.807) is 33.9 Å². The number of nitrogens with zero attached hydrogens (tertiary/aromatic N) is 2. The van der Waals surface area contributed by atoms with E-state index in [9.17, 15) is 9.59 Å². The zero-order valence-corrected chi connectivity index (χ0v) is 10.4. The van der Waals surface area contributed by atoms with Gasteiger partial charge in [-0.15, -0.1) is 0 Å². The van der Waals surface area contributed by atoms with Crippen LogP contribution >= 0.6 is 0 Å². The quantitative estimate of drug-likeness (QED) is 0.739. The molecule has 1 heterocycles. The Hall–Kier alpha value is -1.91. The number of carbonyl (C=O) groups excluding carboxylic acids is 2. The normalized spacial score (nSPS) is 10.8. The summed E-state index contributed by atoms with van der Waals surface area (Å²) in [5, 5.41) is 0. The maximum atomic E-state index is 11.7. The van der Waals surface area contributed by atoms with Crippen molar-refractivity contribution in [1.82, 2.24) is 4.98 Å². The Morgan fingerprint density at radius 3 is 2.59 bits per heavy atom. The number of hydrogen-bond acceptors (Lipinski definition) is 4. The SMILES string of the molecule is CN(C(=O)OC(C)(C)C)c1cncc(C=O)c1. The highest BCUT2D eigenvalue weighted by Gasteiger charge is 2.20. The molecule has 1 amide bonds. The van der Waals surface area contributed by atoms with Gasteiger partial charge in [-0.2, -0.15) is 0 Å². The number of aldehydes is 1. The summed E-state index contributed by atoms with van der Waals surface area (Å²) in [5.74, 6) is 0. The van der Waals surface area contributed by atoms with E-state index in [1.165, 1.54) is 17.3 Å². The van der Waals surface area contributed by atoms with E-state index < -0.39 is 11.7 Å². The molecule has 92 valence electrons. The second-order valence-electron chi connectivity index (χ2n) is 4.63. The van der Waals surface area contributed by atoms with Crippen molar-refractivity contribution < 1.29 is 14.3 Å². The maximum Gasteiger partial charge on any atom is 0.414 e. The fourth-order valence-electron chi connectivity index (χ4n) is 1.13. The third kappa shape index (κ3) is 3.86. The van der Waals surface area contributed by atoms with Gasteiger partial charge in [0.25, 0.3) is 0 Å². The number of hydrogen-bond donors (Lipinski definition) is 0. The molecule has 0 aromatic carbocycles. The van der Waals surface area contributed by atoms with Gasteiger partial charge in [0.15, 0.2) is 6.29 Å². The van der Waals surface area contributed by atoms with Crippen molar-refractivity contribution in [2.45, 2.75) is 26.4 Å². The molecule has 1 rings (SSSR count). The van der Waals surface area contributed by atoms with Gasteiger partial charge in [-0.05, 0) is 26.8 Å². The van der Waals surface area contributed by atoms with Crippen molar-refractivity contribution in [3.63, 3.8) is 0 Å². The van der Waals surface area contributed by atoms with Crippen LogP contribution in [0, 0.1) is 0 Å². The van der Waals surface area contributed by atoms with E-state index in [4.69, 9.17) is 4.74 Å². The summed E-state index contributed by atoms with van der Waals surface area (Å²) in [5.41, 5.74) is 0.378. The molecule has 1 aromatic heterocycles. The number of pyridine rings is 1. The van der Waals surface area contributed by atoms with Crippen LogP contribution in [0.1, 0.15) is 31.1 Å². The second kappa shape index (κ2) is 4.95. The Bertz CT molecular complexity index is 424. The molecule has 1 aromatic rings. The maximum absolute atomic E-state index is 11.7. The minimum absolute atomic E-state index is 0.415. The monoisotopic (exact) mass is 236 g/mol. The van der Waals surface area contributed by atoms with Gasteiger partial charge in [0.2, 0.25) is 0 Å². The van der Waals surface area contributed by atoms with Crippen LogP contribution < -0.4 is 4.90 Å². The topological polar surface area (TPSA) is 59.5 Å². The smallest absolute Gasteiger partial charge is 0.414 e. The van der Waals surface area contributed by atoms with E-state index in [2.05, 4.69) is 4.98 Å². The molecule has 5 nitrogen and oxygen atoms in total. The van der Waals surface area contributed by atoms with E-state index in [1.807, 2.05) is 0 Å². The Morgan fingerprint density at radius 2 is 2.06 bits per heavy atom. The number of carbonyl (C=O) groups is 2. The van der Waals surface area contributed by atoms with Crippen LogP contribution in [0.2, 0.25) is 0 Å². The highest BCUT2D eigenvalue weighted by Crippen LogP contribution is 2.16. The van der Waals surface area contributed by atoms with Crippen LogP contribution in [0.25, 0.3) is 0 Å². The molecule has 0 N–H and O–H groups in total. The molecule has 0 aliphatic rings. The first-order chi connectivity index (χ1) is 7.83. The lowest BCUT2D eigenvalue weighted by molar-refractivity contribution is 0.0589. The second-order valence-corrected chi connectivity index (χ2v) is 4.63. The van der Waals surface area contributed by atoms with Crippen molar-refractivity contribution in [3.05, 3.63) is 24.0 Å². The van der Waals surface area contributed by atoms with Crippen LogP contribution in [0.5, 0.6) is 0 Å². The van der Waals surface area contributed by atoms with Gasteiger partial charge in [0, 0.05) is 18.8 Å². The first-order valence-corrected chi connectivity index (χ1v) is 5.20. The lowest BCUT2D eigenvalue weighted by atomic mass is 10.2. The number of aromatic nitrogens is 1. The van der Waals surface area contributed by atoms with Crippen LogP contribution in [0.3, 0.4) is 0 Å². The Kier molecular flexibility index (Phi) is 3.83. The highest BCUT2D eigenvalue weighted by atomic mass is 16.6. The first-order valence-electron chi connectivity index (χ1n) is 5.20. The lowest BCUT2D eigenvalue weighted by Gasteiger charge is -2.24. The molecule has 17 heavy (non-hydrogen) atoms. The minimum Gasteiger partial charge on any atom is -0.443 e. The Morgan fingerprint density at radius 1 is 1.41 bits per heavy atom. The predicted molar refractivity (Wildman–Crippen MR) is 64.3 cm³/mol. The molecule has 0 spiro atoms. The van der Waals surface area contributed by atoms with E-state index >= 15 is 0 Å². The standard InChI is InChI=1S/C12H16N2O3/c1-12(2,3)17-11(16)14(4)10-5-9(8-15)6-13-7-10/h5-8H,1-4H3. The zero-order valence-electron chi connectivity index (χ0n) is 10.4. The van der Waals surface area contributed by atoms with Crippen molar-refractivity contribution in [2.75, 3.05) is 11.9 Å². The molecule has 0 bridgehead atoms. The molecule has 0 unspecified atom stereocenters. The molecule has 0 fully saturated rings.